The molecule has 0 saturated heterocycles. The number of hydrogen-bond donors (Lipinski definition) is 1. The summed E-state index contributed by atoms with van der Waals surface area (Å²) >= 11 is 0. The third kappa shape index (κ3) is 5.11. The summed E-state index contributed by atoms with van der Waals surface area (Å²) in [6, 6.07) is 3.19. The Morgan fingerprint density at radius 3 is 2.61 bits per heavy atom. The van der Waals surface area contributed by atoms with Gasteiger partial charge in [-0.05, 0) is 31.0 Å². The van der Waals surface area contributed by atoms with Gasteiger partial charge in [0, 0.05) is 12.2 Å². The Kier molecular flexibility index (Phi) is 5.84. The van der Waals surface area contributed by atoms with Crippen molar-refractivity contribution >= 4 is 9.84 Å². The van der Waals surface area contributed by atoms with E-state index in [1.807, 2.05) is 0 Å². The van der Waals surface area contributed by atoms with Crippen molar-refractivity contribution in [1.82, 2.24) is 4.98 Å². The lowest BCUT2D eigenvalue weighted by molar-refractivity contribution is 0.284. The van der Waals surface area contributed by atoms with E-state index in [2.05, 4.69) is 4.98 Å². The molecule has 0 saturated carbocycles. The van der Waals surface area contributed by atoms with Gasteiger partial charge in [-0.1, -0.05) is 6.42 Å². The molecule has 23 heavy (non-hydrogen) atoms. The molecule has 0 atom stereocenters. The normalized spacial score (nSPS) is 11.8. The van der Waals surface area contributed by atoms with Crippen LogP contribution in [-0.2, 0) is 15.6 Å². The van der Waals surface area contributed by atoms with Gasteiger partial charge in [0.15, 0.2) is 21.5 Å². The van der Waals surface area contributed by atoms with Gasteiger partial charge < -0.3 is 9.52 Å². The van der Waals surface area contributed by atoms with E-state index in [-0.39, 0.29) is 35.3 Å². The van der Waals surface area contributed by atoms with Crippen LogP contribution >= 0.6 is 0 Å². The number of hydrogen-bond acceptors (Lipinski definition) is 5. The summed E-state index contributed by atoms with van der Waals surface area (Å²) in [5, 5.41) is 8.66. The van der Waals surface area contributed by atoms with E-state index in [4.69, 9.17) is 9.52 Å². The molecule has 1 heterocycles. The van der Waals surface area contributed by atoms with Gasteiger partial charge in [0.05, 0.1) is 17.2 Å². The highest BCUT2D eigenvalue weighted by atomic mass is 32.2. The van der Waals surface area contributed by atoms with Gasteiger partial charge in [-0.15, -0.1) is 0 Å². The molecule has 0 radical (unpaired) electrons. The second kappa shape index (κ2) is 7.65. The first kappa shape index (κ1) is 17.6. The second-order valence-corrected chi connectivity index (χ2v) is 7.33. The maximum absolute atomic E-state index is 13.2. The number of halogens is 2. The maximum Gasteiger partial charge on any atom is 0.226 e. The molecule has 0 aliphatic rings. The lowest BCUT2D eigenvalue weighted by atomic mass is 10.2. The van der Waals surface area contributed by atoms with Crippen LogP contribution in [0, 0.1) is 11.6 Å². The van der Waals surface area contributed by atoms with E-state index >= 15 is 0 Å². The molecule has 1 aromatic heterocycles. The van der Waals surface area contributed by atoms with E-state index in [1.165, 1.54) is 12.3 Å². The summed E-state index contributed by atoms with van der Waals surface area (Å²) in [6.45, 7) is 0.0426. The van der Waals surface area contributed by atoms with Crippen molar-refractivity contribution in [1.29, 1.82) is 0 Å². The highest BCUT2D eigenvalue weighted by molar-refractivity contribution is 7.90. The molecular formula is C15H17F2NO4S. The summed E-state index contributed by atoms with van der Waals surface area (Å²) in [6.07, 6.45) is 2.87. The standard InChI is InChI=1S/C15H17F2NO4S/c16-13-5-4-11(8-14(13)17)15-18-12(9-22-15)10-23(20,21)7-3-1-2-6-19/h4-5,8-9,19H,1-3,6-7,10H2. The van der Waals surface area contributed by atoms with E-state index in [1.54, 1.807) is 0 Å². The number of aliphatic hydroxyl groups is 1. The van der Waals surface area contributed by atoms with Crippen LogP contribution in [0.15, 0.2) is 28.9 Å². The van der Waals surface area contributed by atoms with Gasteiger partial charge in [0.25, 0.3) is 0 Å². The number of oxazole rings is 1. The van der Waals surface area contributed by atoms with Crippen LogP contribution in [0.2, 0.25) is 0 Å². The smallest absolute Gasteiger partial charge is 0.226 e. The number of nitrogens with zero attached hydrogens (tertiary/aromatic N) is 1. The molecule has 0 spiro atoms. The Balaban J connectivity index is 2.02. The van der Waals surface area contributed by atoms with E-state index < -0.39 is 21.5 Å². The topological polar surface area (TPSA) is 80.4 Å². The van der Waals surface area contributed by atoms with Crippen LogP contribution < -0.4 is 0 Å². The predicted octanol–water partition coefficient (Wildman–Crippen LogP) is 2.70. The van der Waals surface area contributed by atoms with Crippen LogP contribution in [-0.4, -0.2) is 30.9 Å². The van der Waals surface area contributed by atoms with Gasteiger partial charge in [-0.3, -0.25) is 0 Å². The summed E-state index contributed by atoms with van der Waals surface area (Å²) in [4.78, 5) is 4.01. The van der Waals surface area contributed by atoms with Gasteiger partial charge in [0.2, 0.25) is 5.89 Å². The van der Waals surface area contributed by atoms with E-state index in [9.17, 15) is 17.2 Å². The zero-order valence-corrected chi connectivity index (χ0v) is 13.2. The Labute approximate surface area is 132 Å². The SMILES string of the molecule is O=S(=O)(CCCCCO)Cc1coc(-c2ccc(F)c(F)c2)n1. The minimum Gasteiger partial charge on any atom is -0.444 e. The molecule has 0 aliphatic carbocycles. The number of aromatic nitrogens is 1. The highest BCUT2D eigenvalue weighted by Crippen LogP contribution is 2.22. The number of unbranched alkanes of at least 4 members (excludes halogenated alkanes) is 2. The van der Waals surface area contributed by atoms with Crippen LogP contribution in [0.1, 0.15) is 25.0 Å². The molecule has 0 bridgehead atoms. The second-order valence-electron chi connectivity index (χ2n) is 5.15. The van der Waals surface area contributed by atoms with Gasteiger partial charge in [0.1, 0.15) is 6.26 Å². The number of benzene rings is 1. The maximum atomic E-state index is 13.2. The number of aliphatic hydroxyl groups excluding tert-OH is 1. The molecule has 0 fully saturated rings. The Bertz CT molecular complexity index is 759. The van der Waals surface area contributed by atoms with Gasteiger partial charge in [-0.25, -0.2) is 22.2 Å². The van der Waals surface area contributed by atoms with Crippen molar-refractivity contribution in [3.8, 4) is 11.5 Å². The summed E-state index contributed by atoms with van der Waals surface area (Å²) in [5.74, 6) is -2.25. The monoisotopic (exact) mass is 345 g/mol. The van der Waals surface area contributed by atoms with E-state index in [0.717, 1.165) is 12.1 Å². The van der Waals surface area contributed by atoms with Gasteiger partial charge in [-0.2, -0.15) is 0 Å². The molecule has 0 amide bonds. The van der Waals surface area contributed by atoms with E-state index in [0.29, 0.717) is 19.3 Å². The number of sulfone groups is 1. The molecule has 0 unspecified atom stereocenters. The summed E-state index contributed by atoms with van der Waals surface area (Å²) in [7, 11) is -3.34. The first-order chi connectivity index (χ1) is 10.9. The van der Waals surface area contributed by atoms with Crippen LogP contribution in [0.5, 0.6) is 0 Å². The molecule has 2 rings (SSSR count). The molecular weight excluding hydrogens is 328 g/mol. The average Bonchev–Trinajstić information content (AvgIpc) is 2.94. The average molecular weight is 345 g/mol. The molecule has 1 N–H and O–H groups in total. The first-order valence-electron chi connectivity index (χ1n) is 7.12. The molecule has 1 aromatic carbocycles. The van der Waals surface area contributed by atoms with Crippen molar-refractivity contribution in [3.63, 3.8) is 0 Å². The number of rotatable bonds is 8. The predicted molar refractivity (Wildman–Crippen MR) is 80.3 cm³/mol. The minimum atomic E-state index is -3.34. The van der Waals surface area contributed by atoms with Crippen molar-refractivity contribution in [2.24, 2.45) is 0 Å². The molecule has 2 aromatic rings. The summed E-state index contributed by atoms with van der Waals surface area (Å²) < 4.78 is 55.1. The van der Waals surface area contributed by atoms with Crippen molar-refractivity contribution < 1.29 is 26.7 Å². The van der Waals surface area contributed by atoms with Gasteiger partial charge >= 0.3 is 0 Å². The largest absolute Gasteiger partial charge is 0.444 e. The first-order valence-corrected chi connectivity index (χ1v) is 8.94. The molecule has 5 nitrogen and oxygen atoms in total. The Hall–Kier alpha value is -1.80. The van der Waals surface area contributed by atoms with Crippen molar-refractivity contribution in [2.75, 3.05) is 12.4 Å². The Morgan fingerprint density at radius 2 is 1.91 bits per heavy atom. The van der Waals surface area contributed by atoms with Crippen molar-refractivity contribution in [3.05, 3.63) is 41.8 Å². The lowest BCUT2D eigenvalue weighted by Crippen LogP contribution is -2.09. The molecule has 126 valence electrons. The zero-order chi connectivity index (χ0) is 16.9. The van der Waals surface area contributed by atoms with Crippen LogP contribution in [0.25, 0.3) is 11.5 Å². The fourth-order valence-electron chi connectivity index (χ4n) is 2.04. The highest BCUT2D eigenvalue weighted by Gasteiger charge is 2.16. The quantitative estimate of drug-likeness (QED) is 0.744. The fourth-order valence-corrected chi connectivity index (χ4v) is 3.41. The fraction of sp³-hybridized carbons (Fsp3) is 0.400. The summed E-state index contributed by atoms with van der Waals surface area (Å²) in [5.41, 5.74) is 0.447. The van der Waals surface area contributed by atoms with Crippen LogP contribution in [0.4, 0.5) is 8.78 Å². The molecule has 0 aliphatic heterocycles. The third-order valence-corrected chi connectivity index (χ3v) is 4.85. The van der Waals surface area contributed by atoms with Crippen molar-refractivity contribution in [2.45, 2.75) is 25.0 Å². The molecule has 8 heteroatoms. The lowest BCUT2D eigenvalue weighted by Gasteiger charge is -2.01. The zero-order valence-electron chi connectivity index (χ0n) is 12.3. The van der Waals surface area contributed by atoms with Crippen LogP contribution in [0.3, 0.4) is 0 Å². The minimum absolute atomic E-state index is 0.000367. The third-order valence-electron chi connectivity index (χ3n) is 3.20. The Morgan fingerprint density at radius 1 is 1.13 bits per heavy atom.